The molecular weight excluding hydrogens is 236 g/mol. The van der Waals surface area contributed by atoms with Gasteiger partial charge in [-0.2, -0.15) is 5.10 Å². The number of carbonyl (C=O) groups excluding carboxylic acids is 1. The summed E-state index contributed by atoms with van der Waals surface area (Å²) in [6.07, 6.45) is 1.33. The molecule has 2 aromatic heterocycles. The van der Waals surface area contributed by atoms with Crippen LogP contribution in [0.3, 0.4) is 0 Å². The summed E-state index contributed by atoms with van der Waals surface area (Å²) in [5.41, 5.74) is -0.110. The fourth-order valence-corrected chi connectivity index (χ4v) is 1.35. The number of nitrogens with one attached hydrogen (secondary N) is 3. The number of hydrogen-bond acceptors (Lipinski definition) is 4. The summed E-state index contributed by atoms with van der Waals surface area (Å²) >= 11 is 0. The Balaban J connectivity index is 2.24. The molecule has 0 spiro atoms. The van der Waals surface area contributed by atoms with Gasteiger partial charge in [0.2, 0.25) is 0 Å². The van der Waals surface area contributed by atoms with Crippen LogP contribution < -0.4 is 16.3 Å². The van der Waals surface area contributed by atoms with E-state index >= 15 is 0 Å². The first-order valence-corrected chi connectivity index (χ1v) is 5.12. The van der Waals surface area contributed by atoms with Gasteiger partial charge < -0.3 is 10.3 Å². The highest BCUT2D eigenvalue weighted by Gasteiger charge is 2.10. The molecule has 2 rings (SSSR count). The van der Waals surface area contributed by atoms with Crippen LogP contribution in [0.15, 0.2) is 34.0 Å². The highest BCUT2D eigenvalue weighted by molar-refractivity contribution is 6.03. The molecule has 0 aliphatic heterocycles. The molecular formula is C11H10N4O3. The van der Waals surface area contributed by atoms with E-state index in [1.165, 1.54) is 24.4 Å². The minimum atomic E-state index is -0.587. The Kier molecular flexibility index (Phi) is 3.05. The van der Waals surface area contributed by atoms with Crippen LogP contribution in [0.4, 0.5) is 5.82 Å². The molecule has 0 aromatic carbocycles. The molecule has 0 fully saturated rings. The van der Waals surface area contributed by atoms with E-state index < -0.39 is 5.91 Å². The Bertz CT molecular complexity index is 681. The van der Waals surface area contributed by atoms with E-state index in [0.29, 0.717) is 5.69 Å². The van der Waals surface area contributed by atoms with Gasteiger partial charge in [0.05, 0.1) is 0 Å². The fourth-order valence-electron chi connectivity index (χ4n) is 1.35. The number of aromatic nitrogens is 3. The summed E-state index contributed by atoms with van der Waals surface area (Å²) in [5.74, 6) is -0.421. The van der Waals surface area contributed by atoms with Crippen molar-refractivity contribution in [2.75, 3.05) is 5.32 Å². The van der Waals surface area contributed by atoms with Crippen LogP contribution in [0.5, 0.6) is 0 Å². The Labute approximate surface area is 101 Å². The molecule has 7 nitrogen and oxygen atoms in total. The normalized spacial score (nSPS) is 10.1. The van der Waals surface area contributed by atoms with Crippen molar-refractivity contribution in [3.63, 3.8) is 0 Å². The lowest BCUT2D eigenvalue weighted by atomic mass is 10.2. The number of hydrogen-bond donors (Lipinski definition) is 3. The SMILES string of the molecule is Cc1cc(=O)c(C(=O)Nc2ccc(=O)[nH]n2)c[nH]1. The number of anilines is 1. The molecule has 1 amide bonds. The van der Waals surface area contributed by atoms with Gasteiger partial charge in [0.15, 0.2) is 11.2 Å². The summed E-state index contributed by atoms with van der Waals surface area (Å²) in [4.78, 5) is 36.9. The Morgan fingerprint density at radius 1 is 1.33 bits per heavy atom. The van der Waals surface area contributed by atoms with Crippen LogP contribution in [0.2, 0.25) is 0 Å². The molecule has 18 heavy (non-hydrogen) atoms. The molecule has 2 aromatic rings. The predicted molar refractivity (Wildman–Crippen MR) is 64.6 cm³/mol. The molecule has 0 unspecified atom stereocenters. The lowest BCUT2D eigenvalue weighted by molar-refractivity contribution is 0.102. The first-order chi connectivity index (χ1) is 8.56. The van der Waals surface area contributed by atoms with E-state index in [1.807, 2.05) is 0 Å². The number of rotatable bonds is 2. The third kappa shape index (κ3) is 2.51. The van der Waals surface area contributed by atoms with Gasteiger partial charge in [0.1, 0.15) is 5.56 Å². The van der Waals surface area contributed by atoms with Crippen molar-refractivity contribution < 1.29 is 4.79 Å². The Morgan fingerprint density at radius 2 is 2.11 bits per heavy atom. The molecule has 0 atom stereocenters. The van der Waals surface area contributed by atoms with Crippen molar-refractivity contribution in [1.29, 1.82) is 0 Å². The molecule has 7 heteroatoms. The summed E-state index contributed by atoms with van der Waals surface area (Å²) in [7, 11) is 0. The summed E-state index contributed by atoms with van der Waals surface area (Å²) < 4.78 is 0. The highest BCUT2D eigenvalue weighted by atomic mass is 16.2. The van der Waals surface area contributed by atoms with Crippen LogP contribution in [0, 0.1) is 6.92 Å². The van der Waals surface area contributed by atoms with Crippen molar-refractivity contribution in [3.05, 3.63) is 56.2 Å². The number of pyridine rings is 1. The monoisotopic (exact) mass is 246 g/mol. The summed E-state index contributed by atoms with van der Waals surface area (Å²) in [6, 6.07) is 3.90. The van der Waals surface area contributed by atoms with Gasteiger partial charge in [-0.15, -0.1) is 0 Å². The van der Waals surface area contributed by atoms with Crippen LogP contribution in [0.1, 0.15) is 16.1 Å². The second-order valence-electron chi connectivity index (χ2n) is 3.65. The molecule has 0 aliphatic rings. The maximum Gasteiger partial charge on any atom is 0.264 e. The molecule has 3 N–H and O–H groups in total. The number of nitrogens with zero attached hydrogens (tertiary/aromatic N) is 1. The van der Waals surface area contributed by atoms with Crippen molar-refractivity contribution >= 4 is 11.7 Å². The van der Waals surface area contributed by atoms with E-state index in [0.717, 1.165) is 0 Å². The van der Waals surface area contributed by atoms with E-state index in [1.54, 1.807) is 6.92 Å². The third-order valence-corrected chi connectivity index (χ3v) is 2.22. The maximum atomic E-state index is 11.8. The first kappa shape index (κ1) is 11.8. The number of aryl methyl sites for hydroxylation is 1. The smallest absolute Gasteiger partial charge is 0.264 e. The zero-order chi connectivity index (χ0) is 13.1. The van der Waals surface area contributed by atoms with Crippen LogP contribution >= 0.6 is 0 Å². The lowest BCUT2D eigenvalue weighted by Crippen LogP contribution is -2.22. The van der Waals surface area contributed by atoms with Gasteiger partial charge in [0, 0.05) is 24.0 Å². The summed E-state index contributed by atoms with van der Waals surface area (Å²) in [6.45, 7) is 1.71. The van der Waals surface area contributed by atoms with Gasteiger partial charge in [-0.25, -0.2) is 5.10 Å². The first-order valence-electron chi connectivity index (χ1n) is 5.12. The van der Waals surface area contributed by atoms with Gasteiger partial charge in [0.25, 0.3) is 11.5 Å². The van der Waals surface area contributed by atoms with Crippen molar-refractivity contribution in [3.8, 4) is 0 Å². The fraction of sp³-hybridized carbons (Fsp3) is 0.0909. The second kappa shape index (κ2) is 4.66. The molecule has 0 saturated heterocycles. The Morgan fingerprint density at radius 3 is 2.72 bits per heavy atom. The number of carbonyl (C=O) groups is 1. The minimum absolute atomic E-state index is 0.0198. The largest absolute Gasteiger partial charge is 0.364 e. The van der Waals surface area contributed by atoms with E-state index in [4.69, 9.17) is 0 Å². The molecule has 0 radical (unpaired) electrons. The highest BCUT2D eigenvalue weighted by Crippen LogP contribution is 2.00. The van der Waals surface area contributed by atoms with Crippen LogP contribution in [0.25, 0.3) is 0 Å². The summed E-state index contributed by atoms with van der Waals surface area (Å²) in [5, 5.41) is 8.19. The van der Waals surface area contributed by atoms with E-state index in [9.17, 15) is 14.4 Å². The topological polar surface area (TPSA) is 108 Å². The molecule has 0 saturated carbocycles. The minimum Gasteiger partial charge on any atom is -0.364 e. The van der Waals surface area contributed by atoms with Gasteiger partial charge in [-0.3, -0.25) is 14.4 Å². The molecule has 2 heterocycles. The van der Waals surface area contributed by atoms with Gasteiger partial charge in [-0.1, -0.05) is 0 Å². The second-order valence-corrected chi connectivity index (χ2v) is 3.65. The maximum absolute atomic E-state index is 11.8. The average Bonchev–Trinajstić information content (AvgIpc) is 2.32. The molecule has 0 aliphatic carbocycles. The lowest BCUT2D eigenvalue weighted by Gasteiger charge is -2.03. The van der Waals surface area contributed by atoms with E-state index in [2.05, 4.69) is 20.5 Å². The van der Waals surface area contributed by atoms with E-state index in [-0.39, 0.29) is 22.4 Å². The van der Waals surface area contributed by atoms with Crippen LogP contribution in [-0.4, -0.2) is 21.1 Å². The number of aromatic amines is 2. The van der Waals surface area contributed by atoms with Gasteiger partial charge in [-0.05, 0) is 13.0 Å². The number of H-pyrrole nitrogens is 2. The number of amides is 1. The molecule has 92 valence electrons. The zero-order valence-electron chi connectivity index (χ0n) is 9.48. The zero-order valence-corrected chi connectivity index (χ0v) is 9.48. The van der Waals surface area contributed by atoms with Crippen molar-refractivity contribution in [2.24, 2.45) is 0 Å². The third-order valence-electron chi connectivity index (χ3n) is 2.22. The quantitative estimate of drug-likeness (QED) is 0.694. The standard InChI is InChI=1S/C11H10N4O3/c1-6-4-8(16)7(5-12-6)11(18)13-9-2-3-10(17)15-14-9/h2-5H,1H3,(H,12,16)(H,15,17)(H,13,14,18). The van der Waals surface area contributed by atoms with Crippen molar-refractivity contribution in [1.82, 2.24) is 15.2 Å². The van der Waals surface area contributed by atoms with Crippen molar-refractivity contribution in [2.45, 2.75) is 6.92 Å². The average molecular weight is 246 g/mol. The Hall–Kier alpha value is -2.70. The van der Waals surface area contributed by atoms with Gasteiger partial charge >= 0.3 is 0 Å². The predicted octanol–water partition coefficient (Wildman–Crippen LogP) is 0.0189. The van der Waals surface area contributed by atoms with Crippen LogP contribution in [-0.2, 0) is 0 Å². The molecule has 0 bridgehead atoms.